The molecule has 1 aromatic carbocycles. The van der Waals surface area contributed by atoms with Crippen molar-refractivity contribution in [3.63, 3.8) is 0 Å². The molecule has 1 N–H and O–H groups in total. The third kappa shape index (κ3) is 3.14. The predicted molar refractivity (Wildman–Crippen MR) is 89.3 cm³/mol. The van der Waals surface area contributed by atoms with Crippen molar-refractivity contribution in [1.82, 2.24) is 4.90 Å². The van der Waals surface area contributed by atoms with E-state index in [1.807, 2.05) is 30.0 Å². The van der Waals surface area contributed by atoms with Gasteiger partial charge in [0.1, 0.15) is 0 Å². The Hall–Kier alpha value is -1.49. The van der Waals surface area contributed by atoms with Gasteiger partial charge >= 0.3 is 0 Å². The largest absolute Gasteiger partial charge is 0.335 e. The maximum absolute atomic E-state index is 12.8. The first-order valence-electron chi connectivity index (χ1n) is 7.88. The molecule has 1 saturated carbocycles. The first-order chi connectivity index (χ1) is 10.5. The highest BCUT2D eigenvalue weighted by Gasteiger charge is 2.34. The van der Waals surface area contributed by atoms with E-state index in [1.165, 1.54) is 0 Å². The SMILES string of the molecule is CC(C)CN(C(=O)c1ccc2c(c1)NC(=O)C(C)S2)C1CC1. The molecular weight excluding hydrogens is 296 g/mol. The van der Waals surface area contributed by atoms with Crippen LogP contribution in [0.2, 0.25) is 0 Å². The minimum absolute atomic E-state index is 0.00308. The van der Waals surface area contributed by atoms with E-state index in [0.717, 1.165) is 30.0 Å². The molecule has 0 spiro atoms. The first-order valence-corrected chi connectivity index (χ1v) is 8.76. The Bertz CT molecular complexity index is 611. The zero-order chi connectivity index (χ0) is 15.9. The average molecular weight is 318 g/mol. The van der Waals surface area contributed by atoms with Crippen molar-refractivity contribution >= 4 is 29.3 Å². The molecule has 3 rings (SSSR count). The van der Waals surface area contributed by atoms with Crippen LogP contribution in [0.15, 0.2) is 23.1 Å². The van der Waals surface area contributed by atoms with Gasteiger partial charge < -0.3 is 10.2 Å². The van der Waals surface area contributed by atoms with Gasteiger partial charge in [-0.15, -0.1) is 11.8 Å². The molecule has 0 bridgehead atoms. The number of hydrogen-bond acceptors (Lipinski definition) is 3. The van der Waals surface area contributed by atoms with Crippen LogP contribution in [-0.2, 0) is 4.79 Å². The topological polar surface area (TPSA) is 49.4 Å². The molecular formula is C17H22N2O2S. The summed E-state index contributed by atoms with van der Waals surface area (Å²) in [4.78, 5) is 27.6. The maximum atomic E-state index is 12.8. The van der Waals surface area contributed by atoms with Crippen molar-refractivity contribution in [2.75, 3.05) is 11.9 Å². The van der Waals surface area contributed by atoms with E-state index in [2.05, 4.69) is 19.2 Å². The number of amides is 2. The molecule has 0 saturated heterocycles. The van der Waals surface area contributed by atoms with Crippen LogP contribution in [0.1, 0.15) is 44.0 Å². The normalized spacial score (nSPS) is 20.5. The van der Waals surface area contributed by atoms with Crippen molar-refractivity contribution in [3.05, 3.63) is 23.8 Å². The summed E-state index contributed by atoms with van der Waals surface area (Å²) in [6.45, 7) is 6.94. The summed E-state index contributed by atoms with van der Waals surface area (Å²) in [6.07, 6.45) is 2.21. The number of nitrogens with one attached hydrogen (secondary N) is 1. The monoisotopic (exact) mass is 318 g/mol. The number of carbonyl (C=O) groups excluding carboxylic acids is 2. The number of hydrogen-bond donors (Lipinski definition) is 1. The zero-order valence-electron chi connectivity index (χ0n) is 13.3. The Kier molecular flexibility index (Phi) is 4.17. The highest BCUT2D eigenvalue weighted by molar-refractivity contribution is 8.00. The first kappa shape index (κ1) is 15.4. The van der Waals surface area contributed by atoms with Crippen LogP contribution in [0, 0.1) is 5.92 Å². The molecule has 0 radical (unpaired) electrons. The lowest BCUT2D eigenvalue weighted by Gasteiger charge is -2.26. The van der Waals surface area contributed by atoms with Crippen LogP contribution in [0.25, 0.3) is 0 Å². The van der Waals surface area contributed by atoms with E-state index < -0.39 is 0 Å². The van der Waals surface area contributed by atoms with Crippen LogP contribution in [0.5, 0.6) is 0 Å². The third-order valence-electron chi connectivity index (χ3n) is 3.97. The fourth-order valence-electron chi connectivity index (χ4n) is 2.69. The second-order valence-electron chi connectivity index (χ2n) is 6.54. The number of thioether (sulfide) groups is 1. The number of fused-ring (bicyclic) bond motifs is 1. The molecule has 1 aliphatic heterocycles. The van der Waals surface area contributed by atoms with E-state index in [4.69, 9.17) is 0 Å². The number of carbonyl (C=O) groups is 2. The molecule has 1 aromatic rings. The fourth-order valence-corrected chi connectivity index (χ4v) is 3.62. The molecule has 2 amide bonds. The van der Waals surface area contributed by atoms with Gasteiger partial charge in [0, 0.05) is 23.0 Å². The highest BCUT2D eigenvalue weighted by Crippen LogP contribution is 2.37. The lowest BCUT2D eigenvalue weighted by Crippen LogP contribution is -2.36. The van der Waals surface area contributed by atoms with E-state index in [-0.39, 0.29) is 17.1 Å². The summed E-state index contributed by atoms with van der Waals surface area (Å²) in [7, 11) is 0. The molecule has 1 atom stereocenters. The summed E-state index contributed by atoms with van der Waals surface area (Å²) in [5, 5.41) is 2.81. The van der Waals surface area contributed by atoms with Gasteiger partial charge in [0.15, 0.2) is 0 Å². The lowest BCUT2D eigenvalue weighted by molar-refractivity contribution is -0.115. The van der Waals surface area contributed by atoms with Crippen molar-refractivity contribution in [2.24, 2.45) is 5.92 Å². The predicted octanol–water partition coefficient (Wildman–Crippen LogP) is 3.38. The van der Waals surface area contributed by atoms with Gasteiger partial charge in [-0.05, 0) is 43.9 Å². The number of benzene rings is 1. The number of nitrogens with zero attached hydrogens (tertiary/aromatic N) is 1. The van der Waals surface area contributed by atoms with Crippen LogP contribution >= 0.6 is 11.8 Å². The molecule has 1 heterocycles. The molecule has 1 unspecified atom stereocenters. The maximum Gasteiger partial charge on any atom is 0.254 e. The van der Waals surface area contributed by atoms with Crippen molar-refractivity contribution < 1.29 is 9.59 Å². The van der Waals surface area contributed by atoms with Gasteiger partial charge in [0.25, 0.3) is 5.91 Å². The van der Waals surface area contributed by atoms with Gasteiger partial charge in [0.05, 0.1) is 10.9 Å². The average Bonchev–Trinajstić information content (AvgIpc) is 3.29. The Balaban J connectivity index is 1.84. The van der Waals surface area contributed by atoms with Crippen LogP contribution in [0.4, 0.5) is 5.69 Å². The molecule has 5 heteroatoms. The zero-order valence-corrected chi connectivity index (χ0v) is 14.1. The summed E-state index contributed by atoms with van der Waals surface area (Å²) < 4.78 is 0. The molecule has 1 fully saturated rings. The quantitative estimate of drug-likeness (QED) is 0.926. The number of rotatable bonds is 4. The van der Waals surface area contributed by atoms with Crippen LogP contribution < -0.4 is 5.32 Å². The molecule has 2 aliphatic rings. The minimum Gasteiger partial charge on any atom is -0.335 e. The van der Waals surface area contributed by atoms with Gasteiger partial charge in [-0.1, -0.05) is 13.8 Å². The van der Waals surface area contributed by atoms with E-state index in [0.29, 0.717) is 17.5 Å². The summed E-state index contributed by atoms with van der Waals surface area (Å²) in [5.41, 5.74) is 1.43. The Morgan fingerprint density at radius 3 is 2.77 bits per heavy atom. The summed E-state index contributed by atoms with van der Waals surface area (Å²) in [6, 6.07) is 6.05. The lowest BCUT2D eigenvalue weighted by atomic mass is 10.1. The highest BCUT2D eigenvalue weighted by atomic mass is 32.2. The third-order valence-corrected chi connectivity index (χ3v) is 5.15. The Morgan fingerprint density at radius 1 is 1.41 bits per heavy atom. The van der Waals surface area contributed by atoms with Crippen molar-refractivity contribution in [2.45, 2.75) is 49.8 Å². The molecule has 118 valence electrons. The Morgan fingerprint density at radius 2 is 2.14 bits per heavy atom. The minimum atomic E-state index is -0.0852. The van der Waals surface area contributed by atoms with E-state index >= 15 is 0 Å². The fraction of sp³-hybridized carbons (Fsp3) is 0.529. The molecule has 1 aliphatic carbocycles. The van der Waals surface area contributed by atoms with Gasteiger partial charge in [-0.3, -0.25) is 9.59 Å². The summed E-state index contributed by atoms with van der Waals surface area (Å²) in [5.74, 6) is 0.540. The molecule has 4 nitrogen and oxygen atoms in total. The Labute approximate surface area is 135 Å². The standard InChI is InChI=1S/C17H22N2O2S/c1-10(2)9-19(13-5-6-13)17(21)12-4-7-15-14(8-12)18-16(20)11(3)22-15/h4,7-8,10-11,13H,5-6,9H2,1-3H3,(H,18,20). The second-order valence-corrected chi connectivity index (χ2v) is 7.93. The van der Waals surface area contributed by atoms with Crippen LogP contribution in [-0.4, -0.2) is 34.6 Å². The van der Waals surface area contributed by atoms with Gasteiger partial charge in [-0.2, -0.15) is 0 Å². The van der Waals surface area contributed by atoms with E-state index in [1.54, 1.807) is 11.8 Å². The van der Waals surface area contributed by atoms with Gasteiger partial charge in [0.2, 0.25) is 5.91 Å². The van der Waals surface area contributed by atoms with Crippen molar-refractivity contribution in [3.8, 4) is 0 Å². The second kappa shape index (κ2) is 5.95. The molecule has 22 heavy (non-hydrogen) atoms. The van der Waals surface area contributed by atoms with Crippen molar-refractivity contribution in [1.29, 1.82) is 0 Å². The van der Waals surface area contributed by atoms with Gasteiger partial charge in [-0.25, -0.2) is 0 Å². The molecule has 0 aromatic heterocycles. The smallest absolute Gasteiger partial charge is 0.254 e. The number of anilines is 1. The summed E-state index contributed by atoms with van der Waals surface area (Å²) >= 11 is 1.54. The van der Waals surface area contributed by atoms with Crippen LogP contribution in [0.3, 0.4) is 0 Å². The van der Waals surface area contributed by atoms with E-state index in [9.17, 15) is 9.59 Å².